The molecule has 0 atom stereocenters. The number of halogens is 1. The lowest BCUT2D eigenvalue weighted by Gasteiger charge is -2.10. The Morgan fingerprint density at radius 2 is 2.17 bits per heavy atom. The van der Waals surface area contributed by atoms with Crippen LogP contribution in [0.15, 0.2) is 46.8 Å². The van der Waals surface area contributed by atoms with Gasteiger partial charge in [-0.25, -0.2) is 4.98 Å². The Bertz CT molecular complexity index is 867. The minimum absolute atomic E-state index is 0.0931. The number of hydrogen-bond donors (Lipinski definition) is 1. The Morgan fingerprint density at radius 3 is 3.00 bits per heavy atom. The van der Waals surface area contributed by atoms with Gasteiger partial charge in [-0.2, -0.15) is 0 Å². The number of para-hydroxylation sites is 2. The lowest BCUT2D eigenvalue weighted by Crippen LogP contribution is -2.14. The van der Waals surface area contributed by atoms with Gasteiger partial charge < -0.3 is 10.1 Å². The smallest absolute Gasteiger partial charge is 0.234 e. The standard InChI is InChI=1S/C17H15ClN2O2S2/c1-2-22-14-6-4-3-5-12(14)19-16(21)10-23-17-20-13-9-11(18)7-8-15(13)24-17/h3-9H,2,10H2,1H3,(H,19,21). The summed E-state index contributed by atoms with van der Waals surface area (Å²) in [7, 11) is 0. The molecule has 0 bridgehead atoms. The second kappa shape index (κ2) is 7.88. The van der Waals surface area contributed by atoms with Crippen molar-refractivity contribution in [2.24, 2.45) is 0 Å². The molecular weight excluding hydrogens is 364 g/mol. The van der Waals surface area contributed by atoms with Gasteiger partial charge in [0.05, 0.1) is 28.3 Å². The molecule has 0 fully saturated rings. The maximum atomic E-state index is 12.2. The summed E-state index contributed by atoms with van der Waals surface area (Å²) in [6.45, 7) is 2.46. The fourth-order valence-corrected chi connectivity index (χ4v) is 4.12. The molecule has 1 N–H and O–H groups in total. The number of ether oxygens (including phenoxy) is 1. The average Bonchev–Trinajstić information content (AvgIpc) is 2.97. The highest BCUT2D eigenvalue weighted by atomic mass is 35.5. The summed E-state index contributed by atoms with van der Waals surface area (Å²) in [6, 6.07) is 13.0. The average molecular weight is 379 g/mol. The molecule has 2 aromatic carbocycles. The van der Waals surface area contributed by atoms with E-state index in [0.29, 0.717) is 23.1 Å². The molecular formula is C17H15ClN2O2S2. The van der Waals surface area contributed by atoms with E-state index < -0.39 is 0 Å². The number of fused-ring (bicyclic) bond motifs is 1. The van der Waals surface area contributed by atoms with Gasteiger partial charge in [0.25, 0.3) is 0 Å². The molecule has 3 aromatic rings. The van der Waals surface area contributed by atoms with E-state index in [9.17, 15) is 4.79 Å². The van der Waals surface area contributed by atoms with Gasteiger partial charge in [0.15, 0.2) is 4.34 Å². The number of thioether (sulfide) groups is 1. The summed E-state index contributed by atoms with van der Waals surface area (Å²) < 4.78 is 7.41. The van der Waals surface area contributed by atoms with E-state index in [1.165, 1.54) is 11.8 Å². The van der Waals surface area contributed by atoms with Crippen molar-refractivity contribution in [3.63, 3.8) is 0 Å². The van der Waals surface area contributed by atoms with E-state index in [-0.39, 0.29) is 11.7 Å². The highest BCUT2D eigenvalue weighted by molar-refractivity contribution is 8.01. The van der Waals surface area contributed by atoms with E-state index in [0.717, 1.165) is 14.6 Å². The summed E-state index contributed by atoms with van der Waals surface area (Å²) in [4.78, 5) is 16.7. The lowest BCUT2D eigenvalue weighted by atomic mass is 10.3. The molecule has 124 valence electrons. The largest absolute Gasteiger partial charge is 0.492 e. The molecule has 0 aliphatic heterocycles. The molecule has 1 amide bonds. The number of rotatable bonds is 6. The minimum Gasteiger partial charge on any atom is -0.492 e. The number of aromatic nitrogens is 1. The van der Waals surface area contributed by atoms with Crippen molar-refractivity contribution in [1.82, 2.24) is 4.98 Å². The monoisotopic (exact) mass is 378 g/mol. The fraction of sp³-hybridized carbons (Fsp3) is 0.176. The number of thiazole rings is 1. The van der Waals surface area contributed by atoms with Crippen LogP contribution in [0.5, 0.6) is 5.75 Å². The normalized spacial score (nSPS) is 10.8. The van der Waals surface area contributed by atoms with E-state index in [1.54, 1.807) is 11.3 Å². The quantitative estimate of drug-likeness (QED) is 0.608. The number of benzene rings is 2. The highest BCUT2D eigenvalue weighted by Gasteiger charge is 2.10. The Labute approximate surface area is 153 Å². The Kier molecular flexibility index (Phi) is 5.60. The van der Waals surface area contributed by atoms with Gasteiger partial charge in [-0.15, -0.1) is 11.3 Å². The van der Waals surface area contributed by atoms with Gasteiger partial charge in [0.2, 0.25) is 5.91 Å². The molecule has 4 nitrogen and oxygen atoms in total. The van der Waals surface area contributed by atoms with Crippen LogP contribution in [0.3, 0.4) is 0 Å². The molecule has 24 heavy (non-hydrogen) atoms. The SMILES string of the molecule is CCOc1ccccc1NC(=O)CSc1nc2cc(Cl)ccc2s1. The van der Waals surface area contributed by atoms with Crippen molar-refractivity contribution in [3.8, 4) is 5.75 Å². The lowest BCUT2D eigenvalue weighted by molar-refractivity contribution is -0.113. The van der Waals surface area contributed by atoms with Crippen LogP contribution >= 0.6 is 34.7 Å². The van der Waals surface area contributed by atoms with Crippen molar-refractivity contribution in [2.45, 2.75) is 11.3 Å². The predicted octanol–water partition coefficient (Wildman–Crippen LogP) is 5.08. The van der Waals surface area contributed by atoms with Crippen molar-refractivity contribution >= 4 is 56.5 Å². The maximum absolute atomic E-state index is 12.2. The van der Waals surface area contributed by atoms with Gasteiger partial charge in [-0.05, 0) is 37.3 Å². The zero-order chi connectivity index (χ0) is 16.9. The minimum atomic E-state index is -0.0931. The predicted molar refractivity (Wildman–Crippen MR) is 102 cm³/mol. The second-order valence-corrected chi connectivity index (χ2v) is 7.55. The number of carbonyl (C=O) groups excluding carboxylic acids is 1. The van der Waals surface area contributed by atoms with Crippen LogP contribution in [-0.2, 0) is 4.79 Å². The van der Waals surface area contributed by atoms with Gasteiger partial charge >= 0.3 is 0 Å². The van der Waals surface area contributed by atoms with E-state index in [1.807, 2.05) is 49.4 Å². The molecule has 1 aromatic heterocycles. The third-order valence-corrected chi connectivity index (χ3v) is 5.53. The number of amides is 1. The molecule has 1 heterocycles. The van der Waals surface area contributed by atoms with Gasteiger partial charge in [-0.1, -0.05) is 35.5 Å². The first-order valence-electron chi connectivity index (χ1n) is 7.36. The van der Waals surface area contributed by atoms with Gasteiger partial charge in [-0.3, -0.25) is 4.79 Å². The number of nitrogens with zero attached hydrogens (tertiary/aromatic N) is 1. The molecule has 3 rings (SSSR count). The van der Waals surface area contributed by atoms with Crippen molar-refractivity contribution in [3.05, 3.63) is 47.5 Å². The molecule has 0 saturated carbocycles. The summed E-state index contributed by atoms with van der Waals surface area (Å²) in [5, 5.41) is 3.54. The van der Waals surface area contributed by atoms with Crippen LogP contribution < -0.4 is 10.1 Å². The van der Waals surface area contributed by atoms with E-state index >= 15 is 0 Å². The van der Waals surface area contributed by atoms with E-state index in [4.69, 9.17) is 16.3 Å². The number of nitrogens with one attached hydrogen (secondary N) is 1. The molecule has 0 aliphatic rings. The van der Waals surface area contributed by atoms with Crippen LogP contribution in [0.4, 0.5) is 5.69 Å². The topological polar surface area (TPSA) is 51.2 Å². The van der Waals surface area contributed by atoms with Crippen molar-refractivity contribution < 1.29 is 9.53 Å². The van der Waals surface area contributed by atoms with Crippen LogP contribution in [0.25, 0.3) is 10.2 Å². The molecule has 7 heteroatoms. The van der Waals surface area contributed by atoms with Crippen molar-refractivity contribution in [1.29, 1.82) is 0 Å². The number of carbonyl (C=O) groups is 1. The molecule has 0 unspecified atom stereocenters. The maximum Gasteiger partial charge on any atom is 0.234 e. The third kappa shape index (κ3) is 4.20. The Morgan fingerprint density at radius 1 is 1.33 bits per heavy atom. The Hall–Kier alpha value is -1.76. The molecule has 0 saturated heterocycles. The van der Waals surface area contributed by atoms with Crippen LogP contribution in [0, 0.1) is 0 Å². The summed E-state index contributed by atoms with van der Waals surface area (Å²) >= 11 is 8.93. The van der Waals surface area contributed by atoms with Crippen LogP contribution in [0.2, 0.25) is 5.02 Å². The summed E-state index contributed by atoms with van der Waals surface area (Å²) in [5.74, 6) is 0.867. The first-order valence-corrected chi connectivity index (χ1v) is 9.54. The number of hydrogen-bond acceptors (Lipinski definition) is 5. The zero-order valence-electron chi connectivity index (χ0n) is 12.9. The fourth-order valence-electron chi connectivity index (χ4n) is 2.11. The van der Waals surface area contributed by atoms with Crippen molar-refractivity contribution in [2.75, 3.05) is 17.7 Å². The number of anilines is 1. The van der Waals surface area contributed by atoms with Gasteiger partial charge in [0.1, 0.15) is 5.75 Å². The summed E-state index contributed by atoms with van der Waals surface area (Å²) in [5.41, 5.74) is 1.54. The third-order valence-electron chi connectivity index (χ3n) is 3.12. The Balaban J connectivity index is 1.62. The highest BCUT2D eigenvalue weighted by Crippen LogP contribution is 2.31. The van der Waals surface area contributed by atoms with Crippen LogP contribution in [-0.4, -0.2) is 23.3 Å². The van der Waals surface area contributed by atoms with Gasteiger partial charge in [0, 0.05) is 5.02 Å². The first kappa shape index (κ1) is 17.1. The first-order chi connectivity index (χ1) is 11.7. The van der Waals surface area contributed by atoms with Crippen LogP contribution in [0.1, 0.15) is 6.92 Å². The molecule has 0 spiro atoms. The summed E-state index contributed by atoms with van der Waals surface area (Å²) in [6.07, 6.45) is 0. The molecule has 0 radical (unpaired) electrons. The van der Waals surface area contributed by atoms with E-state index in [2.05, 4.69) is 10.3 Å². The molecule has 0 aliphatic carbocycles. The zero-order valence-corrected chi connectivity index (χ0v) is 15.3. The second-order valence-electron chi connectivity index (χ2n) is 4.86.